The van der Waals surface area contributed by atoms with E-state index in [1.807, 2.05) is 0 Å². The molecule has 24 heavy (non-hydrogen) atoms. The fraction of sp³-hybridized carbons (Fsp3) is 0.143. The van der Waals surface area contributed by atoms with Crippen LogP contribution in [0.15, 0.2) is 38.2 Å². The Bertz CT molecular complexity index is 1010. The molecule has 0 spiro atoms. The lowest BCUT2D eigenvalue weighted by atomic mass is 10.3. The molecule has 2 heterocycles. The highest BCUT2D eigenvalue weighted by atomic mass is 79.9. The molecule has 0 aliphatic rings. The van der Waals surface area contributed by atoms with E-state index < -0.39 is 15.8 Å². The van der Waals surface area contributed by atoms with Crippen LogP contribution in [0.25, 0.3) is 10.7 Å². The van der Waals surface area contributed by atoms with Crippen LogP contribution in [0.5, 0.6) is 0 Å². The molecule has 2 aromatic heterocycles. The number of halogens is 2. The van der Waals surface area contributed by atoms with Crippen molar-refractivity contribution in [3.05, 3.63) is 45.3 Å². The number of hydrogen-bond acceptors (Lipinski definition) is 6. The van der Waals surface area contributed by atoms with E-state index in [-0.39, 0.29) is 10.6 Å². The predicted octanol–water partition coefficient (Wildman–Crippen LogP) is 4.12. The SMILES string of the molecule is Cc1nc(-c2cc(S(=O)(=O)Nc3ccc(Br)cc3F)c(C)s2)no1. The number of nitrogens with one attached hydrogen (secondary N) is 1. The number of thiophene rings is 1. The van der Waals surface area contributed by atoms with Gasteiger partial charge < -0.3 is 4.52 Å². The third-order valence-corrected chi connectivity index (χ3v) is 6.25. The lowest BCUT2D eigenvalue weighted by Crippen LogP contribution is -2.14. The van der Waals surface area contributed by atoms with Gasteiger partial charge in [-0.05, 0) is 31.2 Å². The van der Waals surface area contributed by atoms with E-state index in [4.69, 9.17) is 4.52 Å². The second-order valence-electron chi connectivity index (χ2n) is 4.90. The van der Waals surface area contributed by atoms with Crippen molar-refractivity contribution in [1.82, 2.24) is 10.1 Å². The first-order valence-corrected chi connectivity index (χ1v) is 9.74. The summed E-state index contributed by atoms with van der Waals surface area (Å²) in [7, 11) is -3.94. The van der Waals surface area contributed by atoms with Crippen molar-refractivity contribution in [1.29, 1.82) is 0 Å². The highest BCUT2D eigenvalue weighted by Crippen LogP contribution is 2.33. The molecular formula is C14H11BrFN3O3S2. The van der Waals surface area contributed by atoms with E-state index in [0.717, 1.165) is 0 Å². The standard InChI is InChI=1S/C14H11BrFN3O3S2/c1-7-13(6-12(23-7)14-17-8(2)22-18-14)24(20,21)19-11-4-3-9(15)5-10(11)16/h3-6,19H,1-2H3. The molecule has 3 rings (SSSR count). The molecule has 1 aromatic carbocycles. The van der Waals surface area contributed by atoms with Crippen molar-refractivity contribution < 1.29 is 17.3 Å². The molecular weight excluding hydrogens is 421 g/mol. The van der Waals surface area contributed by atoms with Crippen molar-refractivity contribution >= 4 is 43.0 Å². The van der Waals surface area contributed by atoms with Gasteiger partial charge in [-0.25, -0.2) is 12.8 Å². The fourth-order valence-corrected chi connectivity index (χ4v) is 4.93. The zero-order chi connectivity index (χ0) is 17.5. The minimum absolute atomic E-state index is 0.0484. The number of nitrogens with zero attached hydrogens (tertiary/aromatic N) is 2. The highest BCUT2D eigenvalue weighted by Gasteiger charge is 2.23. The van der Waals surface area contributed by atoms with Gasteiger partial charge in [-0.2, -0.15) is 4.98 Å². The van der Waals surface area contributed by atoms with Crippen LogP contribution in [-0.2, 0) is 10.0 Å². The second-order valence-corrected chi connectivity index (χ2v) is 8.72. The van der Waals surface area contributed by atoms with E-state index in [1.165, 1.54) is 29.5 Å². The topological polar surface area (TPSA) is 85.1 Å². The molecule has 0 unspecified atom stereocenters. The molecule has 1 N–H and O–H groups in total. The molecule has 0 aliphatic carbocycles. The Hall–Kier alpha value is -1.78. The molecule has 10 heteroatoms. The highest BCUT2D eigenvalue weighted by molar-refractivity contribution is 9.10. The molecule has 3 aromatic rings. The summed E-state index contributed by atoms with van der Waals surface area (Å²) in [5.41, 5.74) is -0.124. The van der Waals surface area contributed by atoms with Gasteiger partial charge >= 0.3 is 0 Å². The predicted molar refractivity (Wildman–Crippen MR) is 92.0 cm³/mol. The summed E-state index contributed by atoms with van der Waals surface area (Å²) < 4.78 is 46.7. The fourth-order valence-electron chi connectivity index (χ4n) is 2.01. The Morgan fingerprint density at radius 3 is 2.67 bits per heavy atom. The maximum absolute atomic E-state index is 13.9. The molecule has 0 saturated carbocycles. The molecule has 6 nitrogen and oxygen atoms in total. The Morgan fingerprint density at radius 1 is 1.29 bits per heavy atom. The summed E-state index contributed by atoms with van der Waals surface area (Å²) in [6.45, 7) is 3.31. The Labute approximate surface area is 149 Å². The quantitative estimate of drug-likeness (QED) is 0.671. The zero-order valence-electron chi connectivity index (χ0n) is 12.5. The number of benzene rings is 1. The van der Waals surface area contributed by atoms with Gasteiger partial charge in [0.2, 0.25) is 11.7 Å². The van der Waals surface area contributed by atoms with E-state index in [9.17, 15) is 12.8 Å². The molecule has 0 amide bonds. The van der Waals surface area contributed by atoms with Gasteiger partial charge in [0, 0.05) is 16.3 Å². The number of rotatable bonds is 4. The molecule has 0 fully saturated rings. The van der Waals surface area contributed by atoms with Gasteiger partial charge in [-0.1, -0.05) is 21.1 Å². The lowest BCUT2D eigenvalue weighted by molar-refractivity contribution is 0.394. The number of sulfonamides is 1. The third kappa shape index (κ3) is 3.35. The smallest absolute Gasteiger partial charge is 0.263 e. The minimum atomic E-state index is -3.94. The van der Waals surface area contributed by atoms with Crippen molar-refractivity contribution in [2.45, 2.75) is 18.7 Å². The second kappa shape index (κ2) is 6.26. The van der Waals surface area contributed by atoms with Gasteiger partial charge in [0.25, 0.3) is 10.0 Å². The monoisotopic (exact) mass is 431 g/mol. The molecule has 0 radical (unpaired) electrons. The molecule has 0 atom stereocenters. The first kappa shape index (κ1) is 17.1. The van der Waals surface area contributed by atoms with Gasteiger partial charge in [-0.3, -0.25) is 4.72 Å². The first-order chi connectivity index (χ1) is 11.3. The van der Waals surface area contributed by atoms with E-state index >= 15 is 0 Å². The van der Waals surface area contributed by atoms with E-state index in [2.05, 4.69) is 30.8 Å². The van der Waals surface area contributed by atoms with Crippen molar-refractivity contribution in [2.75, 3.05) is 4.72 Å². The summed E-state index contributed by atoms with van der Waals surface area (Å²) in [5, 5.41) is 3.77. The number of aromatic nitrogens is 2. The van der Waals surface area contributed by atoms with Crippen LogP contribution in [0.2, 0.25) is 0 Å². The third-order valence-electron chi connectivity index (χ3n) is 3.09. The van der Waals surface area contributed by atoms with Gasteiger partial charge in [0.05, 0.1) is 10.6 Å². The first-order valence-electron chi connectivity index (χ1n) is 6.65. The summed E-state index contributed by atoms with van der Waals surface area (Å²) in [5.74, 6) is 0.0299. The van der Waals surface area contributed by atoms with Crippen LogP contribution in [0.3, 0.4) is 0 Å². The lowest BCUT2D eigenvalue weighted by Gasteiger charge is -2.08. The number of aryl methyl sites for hydroxylation is 2. The Balaban J connectivity index is 1.96. The van der Waals surface area contributed by atoms with Crippen LogP contribution in [0, 0.1) is 19.7 Å². The van der Waals surface area contributed by atoms with Gasteiger partial charge in [0.15, 0.2) is 0 Å². The van der Waals surface area contributed by atoms with Crippen LogP contribution >= 0.6 is 27.3 Å². The van der Waals surface area contributed by atoms with Gasteiger partial charge in [-0.15, -0.1) is 11.3 Å². The molecule has 0 aliphatic heterocycles. The van der Waals surface area contributed by atoms with Crippen molar-refractivity contribution in [2.24, 2.45) is 0 Å². The zero-order valence-corrected chi connectivity index (χ0v) is 15.7. The normalized spacial score (nSPS) is 11.7. The summed E-state index contributed by atoms with van der Waals surface area (Å²) in [6, 6.07) is 5.53. The minimum Gasteiger partial charge on any atom is -0.339 e. The maximum Gasteiger partial charge on any atom is 0.263 e. The molecule has 126 valence electrons. The van der Waals surface area contributed by atoms with Crippen LogP contribution in [-0.4, -0.2) is 18.6 Å². The van der Waals surface area contributed by atoms with Gasteiger partial charge in [0.1, 0.15) is 10.7 Å². The Kier molecular flexibility index (Phi) is 4.45. The molecule has 0 saturated heterocycles. The summed E-state index contributed by atoms with van der Waals surface area (Å²) in [6.07, 6.45) is 0. The molecule has 0 bridgehead atoms. The van der Waals surface area contributed by atoms with Crippen LogP contribution in [0.4, 0.5) is 10.1 Å². The average molecular weight is 432 g/mol. The van der Waals surface area contributed by atoms with E-state index in [1.54, 1.807) is 19.9 Å². The summed E-state index contributed by atoms with van der Waals surface area (Å²) >= 11 is 4.34. The van der Waals surface area contributed by atoms with Crippen LogP contribution in [0.1, 0.15) is 10.8 Å². The largest absolute Gasteiger partial charge is 0.339 e. The Morgan fingerprint density at radius 2 is 2.04 bits per heavy atom. The maximum atomic E-state index is 13.9. The van der Waals surface area contributed by atoms with Crippen molar-refractivity contribution in [3.8, 4) is 10.7 Å². The van der Waals surface area contributed by atoms with Crippen LogP contribution < -0.4 is 4.72 Å². The average Bonchev–Trinajstić information content (AvgIpc) is 3.08. The van der Waals surface area contributed by atoms with Crippen molar-refractivity contribution in [3.63, 3.8) is 0 Å². The number of hydrogen-bond donors (Lipinski definition) is 1. The van der Waals surface area contributed by atoms with E-state index in [0.29, 0.717) is 25.9 Å². The number of anilines is 1. The summed E-state index contributed by atoms with van der Waals surface area (Å²) in [4.78, 5) is 5.22.